The van der Waals surface area contributed by atoms with Crippen LogP contribution in [0.2, 0.25) is 0 Å². The maximum absolute atomic E-state index is 11.0. The quantitative estimate of drug-likeness (QED) is 0.779. The molecule has 0 fully saturated rings. The van der Waals surface area contributed by atoms with Crippen molar-refractivity contribution in [2.75, 3.05) is 7.11 Å². The lowest BCUT2D eigenvalue weighted by molar-refractivity contribution is 0.176. The molecule has 0 aliphatic heterocycles. The lowest BCUT2D eigenvalue weighted by Crippen LogP contribution is -2.21. The van der Waals surface area contributed by atoms with Gasteiger partial charge in [-0.1, -0.05) is 36.4 Å². The lowest BCUT2D eigenvalue weighted by atomic mass is 10.1. The van der Waals surface area contributed by atoms with Gasteiger partial charge in [0.2, 0.25) is 0 Å². The van der Waals surface area contributed by atoms with Gasteiger partial charge in [-0.3, -0.25) is 5.32 Å². The molecule has 74 valence electrons. The van der Waals surface area contributed by atoms with Crippen LogP contribution < -0.4 is 5.32 Å². The number of carbonyl (C=O) groups excluding carboxylic acids is 1. The van der Waals surface area contributed by atoms with E-state index in [0.29, 0.717) is 0 Å². The van der Waals surface area contributed by atoms with E-state index < -0.39 is 6.09 Å². The van der Waals surface area contributed by atoms with Crippen molar-refractivity contribution >= 4 is 11.8 Å². The number of hydrogen-bond acceptors (Lipinski definition) is 2. The highest BCUT2D eigenvalue weighted by Crippen LogP contribution is 2.10. The standard InChI is InChI=1S/C11H13NO2/c1-3-10(12-11(13)14-2)9-7-5-4-6-8-9/h3-8H,1-2H3,(H,12,13). The van der Waals surface area contributed by atoms with Gasteiger partial charge in [0.05, 0.1) is 7.11 Å². The van der Waals surface area contributed by atoms with Gasteiger partial charge in [-0.05, 0) is 12.5 Å². The minimum Gasteiger partial charge on any atom is -0.453 e. The fraction of sp³-hybridized carbons (Fsp3) is 0.182. The van der Waals surface area contributed by atoms with E-state index in [0.717, 1.165) is 11.3 Å². The van der Waals surface area contributed by atoms with E-state index in [4.69, 9.17) is 0 Å². The number of carbonyl (C=O) groups is 1. The summed E-state index contributed by atoms with van der Waals surface area (Å²) in [6, 6.07) is 9.60. The second kappa shape index (κ2) is 5.07. The van der Waals surface area contributed by atoms with Gasteiger partial charge in [0.15, 0.2) is 0 Å². The second-order valence-corrected chi connectivity index (χ2v) is 2.68. The molecule has 1 N–H and O–H groups in total. The zero-order valence-electron chi connectivity index (χ0n) is 8.28. The summed E-state index contributed by atoms with van der Waals surface area (Å²) in [5.41, 5.74) is 1.71. The first kappa shape index (κ1) is 10.3. The van der Waals surface area contributed by atoms with E-state index in [1.54, 1.807) is 0 Å². The Balaban J connectivity index is 2.79. The number of alkyl carbamates (subject to hydrolysis) is 1. The van der Waals surface area contributed by atoms with Gasteiger partial charge >= 0.3 is 6.09 Å². The first-order chi connectivity index (χ1) is 6.77. The highest BCUT2D eigenvalue weighted by molar-refractivity contribution is 5.81. The Kier molecular flexibility index (Phi) is 3.73. The molecule has 3 nitrogen and oxygen atoms in total. The molecular weight excluding hydrogens is 178 g/mol. The third-order valence-electron chi connectivity index (χ3n) is 1.80. The van der Waals surface area contributed by atoms with E-state index in [1.165, 1.54) is 7.11 Å². The molecular formula is C11H13NO2. The summed E-state index contributed by atoms with van der Waals surface area (Å²) in [4.78, 5) is 11.0. The molecule has 0 saturated heterocycles. The summed E-state index contributed by atoms with van der Waals surface area (Å²) in [5.74, 6) is 0. The van der Waals surface area contributed by atoms with Crippen molar-refractivity contribution in [3.05, 3.63) is 42.0 Å². The van der Waals surface area contributed by atoms with Crippen molar-refractivity contribution in [2.24, 2.45) is 0 Å². The van der Waals surface area contributed by atoms with Crippen molar-refractivity contribution in [1.29, 1.82) is 0 Å². The Morgan fingerprint density at radius 1 is 1.36 bits per heavy atom. The fourth-order valence-corrected chi connectivity index (χ4v) is 1.09. The van der Waals surface area contributed by atoms with E-state index >= 15 is 0 Å². The van der Waals surface area contributed by atoms with E-state index in [1.807, 2.05) is 43.3 Å². The van der Waals surface area contributed by atoms with Gasteiger partial charge in [0.25, 0.3) is 0 Å². The highest BCUT2D eigenvalue weighted by atomic mass is 16.5. The number of nitrogens with one attached hydrogen (secondary N) is 1. The molecule has 0 spiro atoms. The average Bonchev–Trinajstić information content (AvgIpc) is 2.26. The second-order valence-electron chi connectivity index (χ2n) is 2.68. The van der Waals surface area contributed by atoms with Crippen LogP contribution >= 0.6 is 0 Å². The molecule has 1 amide bonds. The van der Waals surface area contributed by atoms with E-state index in [9.17, 15) is 4.79 Å². The normalized spacial score (nSPS) is 10.9. The molecule has 3 heteroatoms. The van der Waals surface area contributed by atoms with Crippen LogP contribution in [0.1, 0.15) is 12.5 Å². The number of rotatable bonds is 2. The van der Waals surface area contributed by atoms with Gasteiger partial charge in [0, 0.05) is 5.70 Å². The smallest absolute Gasteiger partial charge is 0.411 e. The Bertz CT molecular complexity index is 330. The summed E-state index contributed by atoms with van der Waals surface area (Å²) < 4.78 is 4.51. The number of methoxy groups -OCH3 is 1. The first-order valence-electron chi connectivity index (χ1n) is 4.34. The predicted octanol–water partition coefficient (Wildman–Crippen LogP) is 2.40. The molecule has 0 atom stereocenters. The minimum absolute atomic E-state index is 0.457. The van der Waals surface area contributed by atoms with Crippen molar-refractivity contribution in [1.82, 2.24) is 5.32 Å². The molecule has 0 unspecified atom stereocenters. The maximum Gasteiger partial charge on any atom is 0.411 e. The Morgan fingerprint density at radius 2 is 2.00 bits per heavy atom. The summed E-state index contributed by atoms with van der Waals surface area (Å²) in [5, 5.41) is 2.63. The third-order valence-corrected chi connectivity index (χ3v) is 1.80. The molecule has 0 aliphatic rings. The van der Waals surface area contributed by atoms with Crippen LogP contribution in [0.25, 0.3) is 5.70 Å². The van der Waals surface area contributed by atoms with Gasteiger partial charge in [-0.2, -0.15) is 0 Å². The Labute approximate surface area is 83.4 Å². The monoisotopic (exact) mass is 191 g/mol. The number of benzene rings is 1. The molecule has 1 aromatic carbocycles. The largest absolute Gasteiger partial charge is 0.453 e. The van der Waals surface area contributed by atoms with E-state index in [2.05, 4.69) is 10.1 Å². The molecule has 1 aromatic rings. The number of amides is 1. The molecule has 0 aliphatic carbocycles. The predicted molar refractivity (Wildman–Crippen MR) is 55.6 cm³/mol. The summed E-state index contributed by atoms with van der Waals surface area (Å²) in [7, 11) is 1.34. The van der Waals surface area contributed by atoms with Gasteiger partial charge in [-0.25, -0.2) is 4.79 Å². The molecule has 0 radical (unpaired) electrons. The molecule has 0 saturated carbocycles. The zero-order valence-corrected chi connectivity index (χ0v) is 8.28. The van der Waals surface area contributed by atoms with Crippen LogP contribution in [0.5, 0.6) is 0 Å². The number of hydrogen-bond donors (Lipinski definition) is 1. The highest BCUT2D eigenvalue weighted by Gasteiger charge is 2.03. The van der Waals surface area contributed by atoms with Crippen molar-refractivity contribution in [2.45, 2.75) is 6.92 Å². The van der Waals surface area contributed by atoms with Crippen LogP contribution in [0.3, 0.4) is 0 Å². The van der Waals surface area contributed by atoms with Crippen LogP contribution in [0.15, 0.2) is 36.4 Å². The molecule has 0 aromatic heterocycles. The molecule has 14 heavy (non-hydrogen) atoms. The molecule has 0 heterocycles. The molecule has 0 bridgehead atoms. The Hall–Kier alpha value is -1.77. The van der Waals surface area contributed by atoms with Crippen LogP contribution in [-0.4, -0.2) is 13.2 Å². The van der Waals surface area contributed by atoms with Crippen molar-refractivity contribution in [3.63, 3.8) is 0 Å². The van der Waals surface area contributed by atoms with Gasteiger partial charge in [0.1, 0.15) is 0 Å². The third kappa shape index (κ3) is 2.62. The Morgan fingerprint density at radius 3 is 2.50 bits per heavy atom. The van der Waals surface area contributed by atoms with Crippen LogP contribution in [-0.2, 0) is 4.74 Å². The first-order valence-corrected chi connectivity index (χ1v) is 4.34. The summed E-state index contributed by atoms with van der Waals surface area (Å²) in [6.45, 7) is 1.86. The van der Waals surface area contributed by atoms with Crippen LogP contribution in [0, 0.1) is 0 Å². The van der Waals surface area contributed by atoms with E-state index in [-0.39, 0.29) is 0 Å². The van der Waals surface area contributed by atoms with Gasteiger partial charge in [-0.15, -0.1) is 0 Å². The van der Waals surface area contributed by atoms with Gasteiger partial charge < -0.3 is 4.74 Å². The maximum atomic E-state index is 11.0. The SMILES string of the molecule is CC=C(NC(=O)OC)c1ccccc1. The number of allylic oxidation sites excluding steroid dienone is 1. The minimum atomic E-state index is -0.457. The van der Waals surface area contributed by atoms with Crippen molar-refractivity contribution in [3.8, 4) is 0 Å². The number of ether oxygens (including phenoxy) is 1. The topological polar surface area (TPSA) is 38.3 Å². The average molecular weight is 191 g/mol. The fourth-order valence-electron chi connectivity index (χ4n) is 1.09. The van der Waals surface area contributed by atoms with Crippen LogP contribution in [0.4, 0.5) is 4.79 Å². The lowest BCUT2D eigenvalue weighted by Gasteiger charge is -2.07. The molecule has 1 rings (SSSR count). The van der Waals surface area contributed by atoms with Crippen molar-refractivity contribution < 1.29 is 9.53 Å². The summed E-state index contributed by atoms with van der Waals surface area (Å²) >= 11 is 0. The summed E-state index contributed by atoms with van der Waals surface area (Å²) in [6.07, 6.45) is 1.37. The zero-order chi connectivity index (χ0) is 10.4.